The Kier molecular flexibility index (Phi) is 5.15. The molecule has 1 spiro atoms. The van der Waals surface area contributed by atoms with Crippen LogP contribution in [0.1, 0.15) is 31.7 Å². The molecular formula is C30H24ClFN4O3. The number of amides is 2. The summed E-state index contributed by atoms with van der Waals surface area (Å²) in [6.45, 7) is 4.13. The van der Waals surface area contributed by atoms with Gasteiger partial charge in [-0.3, -0.25) is 24.3 Å². The molecule has 2 unspecified atom stereocenters. The molecule has 3 aromatic carbocycles. The van der Waals surface area contributed by atoms with Gasteiger partial charge in [-0.25, -0.2) is 14.3 Å². The average Bonchev–Trinajstić information content (AvgIpc) is 3.49. The Hall–Kier alpha value is -3.88. The molecule has 4 heterocycles. The number of halogens is 2. The molecule has 0 saturated carbocycles. The quantitative estimate of drug-likeness (QED) is 0.384. The minimum Gasteiger partial charge on any atom is -0.297 e. The van der Waals surface area contributed by atoms with Crippen molar-refractivity contribution >= 4 is 40.0 Å². The van der Waals surface area contributed by atoms with E-state index in [0.717, 1.165) is 16.5 Å². The number of rotatable bonds is 3. The van der Waals surface area contributed by atoms with E-state index in [4.69, 9.17) is 16.6 Å². The Morgan fingerprint density at radius 3 is 2.54 bits per heavy atom. The summed E-state index contributed by atoms with van der Waals surface area (Å²) in [5, 5.41) is 3.98. The predicted molar refractivity (Wildman–Crippen MR) is 145 cm³/mol. The van der Waals surface area contributed by atoms with Gasteiger partial charge >= 0.3 is 0 Å². The van der Waals surface area contributed by atoms with Gasteiger partial charge in [-0.05, 0) is 48.7 Å². The first kappa shape index (κ1) is 24.2. The number of imide groups is 1. The summed E-state index contributed by atoms with van der Waals surface area (Å²) in [6.07, 6.45) is 0.625. The number of hydrogen-bond acceptors (Lipinski definition) is 5. The van der Waals surface area contributed by atoms with Crippen LogP contribution in [0.5, 0.6) is 0 Å². The van der Waals surface area contributed by atoms with Gasteiger partial charge in [-0.15, -0.1) is 0 Å². The maximum absolute atomic E-state index is 14.4. The Balaban J connectivity index is 1.51. The van der Waals surface area contributed by atoms with E-state index in [1.807, 2.05) is 30.3 Å². The molecule has 1 aromatic heterocycles. The van der Waals surface area contributed by atoms with Gasteiger partial charge in [0.2, 0.25) is 11.8 Å². The first-order valence-electron chi connectivity index (χ1n) is 13.0. The maximum Gasteiger partial charge on any atom is 0.266 e. The van der Waals surface area contributed by atoms with E-state index in [0.29, 0.717) is 28.8 Å². The zero-order valence-corrected chi connectivity index (χ0v) is 21.9. The van der Waals surface area contributed by atoms with Crippen LogP contribution in [0.4, 0.5) is 10.1 Å². The highest BCUT2D eigenvalue weighted by Crippen LogP contribution is 2.56. The van der Waals surface area contributed by atoms with Crippen molar-refractivity contribution in [2.75, 3.05) is 4.90 Å². The Morgan fingerprint density at radius 1 is 1.03 bits per heavy atom. The largest absolute Gasteiger partial charge is 0.297 e. The monoisotopic (exact) mass is 542 g/mol. The third kappa shape index (κ3) is 3.13. The lowest BCUT2D eigenvalue weighted by Crippen LogP contribution is -2.50. The van der Waals surface area contributed by atoms with Gasteiger partial charge in [0, 0.05) is 11.6 Å². The van der Waals surface area contributed by atoms with Crippen molar-refractivity contribution in [1.82, 2.24) is 14.9 Å². The highest BCUT2D eigenvalue weighted by molar-refractivity contribution is 6.31. The first-order valence-corrected chi connectivity index (χ1v) is 13.3. The van der Waals surface area contributed by atoms with Crippen molar-refractivity contribution in [3.05, 3.63) is 99.3 Å². The lowest BCUT2D eigenvalue weighted by atomic mass is 9.75. The molecule has 2 fully saturated rings. The fourth-order valence-corrected chi connectivity index (χ4v) is 6.98. The van der Waals surface area contributed by atoms with Crippen LogP contribution in [-0.4, -0.2) is 27.4 Å². The number of benzene rings is 3. The highest BCUT2D eigenvalue weighted by Gasteiger charge is 2.69. The summed E-state index contributed by atoms with van der Waals surface area (Å²) in [7, 11) is 0. The van der Waals surface area contributed by atoms with Crippen LogP contribution >= 0.6 is 11.6 Å². The van der Waals surface area contributed by atoms with Crippen molar-refractivity contribution in [2.45, 2.75) is 31.8 Å². The summed E-state index contributed by atoms with van der Waals surface area (Å²) in [5.74, 6) is -2.41. The molecule has 0 aliphatic carbocycles. The molecule has 9 heteroatoms. The summed E-state index contributed by atoms with van der Waals surface area (Å²) in [6, 6.07) is 18.1. The zero-order chi connectivity index (χ0) is 27.2. The molecule has 39 heavy (non-hydrogen) atoms. The molecule has 1 N–H and O–H groups in total. The van der Waals surface area contributed by atoms with Crippen molar-refractivity contribution < 1.29 is 14.0 Å². The number of carbonyl (C=O) groups excluding carboxylic acids is 2. The van der Waals surface area contributed by atoms with Crippen molar-refractivity contribution in [1.29, 1.82) is 0 Å². The van der Waals surface area contributed by atoms with Crippen LogP contribution in [0, 0.1) is 23.6 Å². The molecule has 7 nitrogen and oxygen atoms in total. The van der Waals surface area contributed by atoms with E-state index < -0.39 is 29.1 Å². The number of carbonyl (C=O) groups is 2. The van der Waals surface area contributed by atoms with E-state index in [1.54, 1.807) is 22.8 Å². The van der Waals surface area contributed by atoms with Gasteiger partial charge in [-0.2, -0.15) is 0 Å². The third-order valence-electron chi connectivity index (χ3n) is 8.25. The predicted octanol–water partition coefficient (Wildman–Crippen LogP) is 4.56. The molecule has 2 saturated heterocycles. The molecule has 3 aliphatic rings. The molecule has 0 bridgehead atoms. The van der Waals surface area contributed by atoms with E-state index in [1.165, 1.54) is 12.1 Å². The summed E-state index contributed by atoms with van der Waals surface area (Å²) in [4.78, 5) is 48.4. The fraction of sp³-hybridized carbons (Fsp3) is 0.267. The average molecular weight is 543 g/mol. The number of hydrogen-bond donors (Lipinski definition) is 1. The number of para-hydroxylation sites is 2. The van der Waals surface area contributed by atoms with Crippen LogP contribution in [0.25, 0.3) is 16.6 Å². The highest BCUT2D eigenvalue weighted by atomic mass is 35.5. The van der Waals surface area contributed by atoms with Crippen molar-refractivity contribution in [3.63, 3.8) is 0 Å². The second kappa shape index (κ2) is 8.31. The number of anilines is 1. The SMILES string of the molecule is CC(C)CC1NC2(c3ccccc3-n3c2nc2ccccc2c3=O)[C@H]2C(=O)N(c3ccc(F)c(Cl)c3)C(=O)[C@@H]12. The number of aromatic nitrogens is 2. The Morgan fingerprint density at radius 2 is 1.77 bits per heavy atom. The molecule has 196 valence electrons. The van der Waals surface area contributed by atoms with E-state index in [9.17, 15) is 18.8 Å². The third-order valence-corrected chi connectivity index (χ3v) is 8.54. The van der Waals surface area contributed by atoms with Crippen LogP contribution in [-0.2, 0) is 15.1 Å². The summed E-state index contributed by atoms with van der Waals surface area (Å²) in [5.41, 5.74) is 0.659. The van der Waals surface area contributed by atoms with Gasteiger partial charge in [0.1, 0.15) is 17.2 Å². The fourth-order valence-electron chi connectivity index (χ4n) is 6.81. The van der Waals surface area contributed by atoms with Crippen molar-refractivity contribution in [3.8, 4) is 5.69 Å². The number of fused-ring (bicyclic) bond motifs is 8. The van der Waals surface area contributed by atoms with Gasteiger partial charge in [0.05, 0.1) is 39.1 Å². The number of nitrogens with zero attached hydrogens (tertiary/aromatic N) is 3. The Labute approximate surface area is 228 Å². The summed E-state index contributed by atoms with van der Waals surface area (Å²) < 4.78 is 15.6. The van der Waals surface area contributed by atoms with Crippen molar-refractivity contribution in [2.24, 2.45) is 17.8 Å². The Bertz CT molecular complexity index is 1790. The van der Waals surface area contributed by atoms with Crippen LogP contribution < -0.4 is 15.8 Å². The van der Waals surface area contributed by atoms with Crippen LogP contribution in [0.2, 0.25) is 5.02 Å². The second-order valence-electron chi connectivity index (χ2n) is 10.9. The molecule has 2 amide bonds. The van der Waals surface area contributed by atoms with Gasteiger partial charge < -0.3 is 0 Å². The molecule has 7 rings (SSSR count). The van der Waals surface area contributed by atoms with E-state index >= 15 is 0 Å². The van der Waals surface area contributed by atoms with Crippen LogP contribution in [0.15, 0.2) is 71.5 Å². The van der Waals surface area contributed by atoms with Crippen LogP contribution in [0.3, 0.4) is 0 Å². The van der Waals surface area contributed by atoms with Gasteiger partial charge in [0.25, 0.3) is 5.56 Å². The van der Waals surface area contributed by atoms with Gasteiger partial charge in [-0.1, -0.05) is 55.8 Å². The zero-order valence-electron chi connectivity index (χ0n) is 21.2. The molecule has 4 aromatic rings. The molecule has 0 radical (unpaired) electrons. The number of nitrogens with one attached hydrogen (secondary N) is 1. The van der Waals surface area contributed by atoms with E-state index in [2.05, 4.69) is 19.2 Å². The maximum atomic E-state index is 14.4. The second-order valence-corrected chi connectivity index (χ2v) is 11.3. The molecular weight excluding hydrogens is 519 g/mol. The topological polar surface area (TPSA) is 84.3 Å². The first-order chi connectivity index (χ1) is 18.7. The normalized spacial score (nSPS) is 25.2. The summed E-state index contributed by atoms with van der Waals surface area (Å²) >= 11 is 6.05. The van der Waals surface area contributed by atoms with E-state index in [-0.39, 0.29) is 34.1 Å². The standard InChI is InChI=1S/C30H24ClFN4O3/c1-15(2)13-22-24-25(28(39)35(27(24)38)16-11-12-20(32)19(31)14-16)30(34-22)18-8-4-6-10-23(18)36-26(37)17-7-3-5-9-21(17)33-29(30)36/h3-12,14-15,22,24-25,34H,13H2,1-2H3/t22?,24-,25+,30?/m0/s1. The lowest BCUT2D eigenvalue weighted by molar-refractivity contribution is -0.123. The smallest absolute Gasteiger partial charge is 0.266 e. The lowest BCUT2D eigenvalue weighted by Gasteiger charge is -2.32. The molecule has 3 aliphatic heterocycles. The minimum atomic E-state index is -1.21. The molecule has 4 atom stereocenters. The minimum absolute atomic E-state index is 0.173. The van der Waals surface area contributed by atoms with Gasteiger partial charge in [0.15, 0.2) is 0 Å².